The van der Waals surface area contributed by atoms with Crippen molar-refractivity contribution in [2.24, 2.45) is 11.8 Å². The number of sulfonamides is 1. The van der Waals surface area contributed by atoms with Gasteiger partial charge in [0.1, 0.15) is 0 Å². The van der Waals surface area contributed by atoms with E-state index in [-0.39, 0.29) is 24.8 Å². The highest BCUT2D eigenvalue weighted by Gasteiger charge is 2.60. The average Bonchev–Trinajstić information content (AvgIpc) is 2.22. The van der Waals surface area contributed by atoms with Crippen molar-refractivity contribution in [1.29, 1.82) is 0 Å². The first-order valence-corrected chi connectivity index (χ1v) is 7.72. The molecule has 1 amide bonds. The quantitative estimate of drug-likeness (QED) is 0.790. The van der Waals surface area contributed by atoms with Crippen LogP contribution in [-0.2, 0) is 19.6 Å². The Hall–Kier alpha value is -1.11. The third-order valence-electron chi connectivity index (χ3n) is 3.37. The molecule has 1 N–H and O–H groups in total. The molecule has 1 aliphatic rings. The molecule has 0 spiro atoms. The van der Waals surface area contributed by atoms with Gasteiger partial charge < -0.3 is 5.11 Å². The number of aliphatic carboxylic acids is 1. The maximum absolute atomic E-state index is 11.9. The van der Waals surface area contributed by atoms with Crippen LogP contribution in [0.15, 0.2) is 0 Å². The molecule has 0 aliphatic carbocycles. The Morgan fingerprint density at radius 3 is 2.26 bits per heavy atom. The SMILES string of the molecule is CC(C)CC(CC(=O)O)CN1C(=O)C(C)(C)S1(=O)=O. The molecule has 0 saturated carbocycles. The zero-order valence-corrected chi connectivity index (χ0v) is 12.5. The largest absolute Gasteiger partial charge is 0.481 e. The molecule has 0 aromatic rings. The topological polar surface area (TPSA) is 91.8 Å². The van der Waals surface area contributed by atoms with Crippen molar-refractivity contribution in [3.05, 3.63) is 0 Å². The molecule has 19 heavy (non-hydrogen) atoms. The minimum atomic E-state index is -3.63. The third-order valence-corrected chi connectivity index (χ3v) is 5.73. The summed E-state index contributed by atoms with van der Waals surface area (Å²) >= 11 is 0. The monoisotopic (exact) mass is 291 g/mol. The summed E-state index contributed by atoms with van der Waals surface area (Å²) in [5.74, 6) is -1.52. The lowest BCUT2D eigenvalue weighted by Crippen LogP contribution is -2.68. The molecule has 1 aliphatic heterocycles. The van der Waals surface area contributed by atoms with Crippen molar-refractivity contribution in [2.75, 3.05) is 6.54 Å². The second-order valence-electron chi connectivity index (χ2n) is 5.95. The van der Waals surface area contributed by atoms with Gasteiger partial charge in [0.05, 0.1) is 0 Å². The standard InChI is InChI=1S/C12H21NO5S/c1-8(2)5-9(6-10(14)15)7-13-11(16)12(3,4)19(13,17)18/h8-9H,5-7H2,1-4H3,(H,14,15). The highest BCUT2D eigenvalue weighted by molar-refractivity contribution is 7.94. The van der Waals surface area contributed by atoms with Gasteiger partial charge in [-0.3, -0.25) is 9.59 Å². The maximum Gasteiger partial charge on any atom is 0.303 e. The second-order valence-corrected chi connectivity index (χ2v) is 8.36. The van der Waals surface area contributed by atoms with Gasteiger partial charge in [0.2, 0.25) is 0 Å². The number of carboxylic acids is 1. The molecule has 0 aromatic heterocycles. The Morgan fingerprint density at radius 2 is 1.89 bits per heavy atom. The van der Waals surface area contributed by atoms with Gasteiger partial charge in [-0.1, -0.05) is 13.8 Å². The molecule has 0 bridgehead atoms. The Balaban J connectivity index is 2.81. The van der Waals surface area contributed by atoms with Crippen molar-refractivity contribution in [3.63, 3.8) is 0 Å². The van der Waals surface area contributed by atoms with E-state index < -0.39 is 26.6 Å². The van der Waals surface area contributed by atoms with Crippen LogP contribution < -0.4 is 0 Å². The van der Waals surface area contributed by atoms with E-state index >= 15 is 0 Å². The predicted molar refractivity (Wildman–Crippen MR) is 69.9 cm³/mol. The lowest BCUT2D eigenvalue weighted by molar-refractivity contribution is -0.139. The summed E-state index contributed by atoms with van der Waals surface area (Å²) in [4.78, 5) is 22.6. The van der Waals surface area contributed by atoms with Crippen LogP contribution in [0.25, 0.3) is 0 Å². The van der Waals surface area contributed by atoms with Crippen LogP contribution in [0.3, 0.4) is 0 Å². The first-order valence-electron chi connectivity index (χ1n) is 6.28. The summed E-state index contributed by atoms with van der Waals surface area (Å²) in [6.07, 6.45) is 0.448. The van der Waals surface area contributed by atoms with E-state index in [2.05, 4.69) is 0 Å². The summed E-state index contributed by atoms with van der Waals surface area (Å²) in [6.45, 7) is 6.58. The third kappa shape index (κ3) is 2.91. The summed E-state index contributed by atoms with van der Waals surface area (Å²) < 4.78 is 23.3. The Bertz CT molecular complexity index is 480. The van der Waals surface area contributed by atoms with E-state index in [9.17, 15) is 18.0 Å². The molecule has 110 valence electrons. The van der Waals surface area contributed by atoms with Crippen molar-refractivity contribution in [1.82, 2.24) is 4.31 Å². The molecule has 0 radical (unpaired) electrons. The van der Waals surface area contributed by atoms with E-state index in [0.717, 1.165) is 4.31 Å². The molecular formula is C12H21NO5S. The number of amides is 1. The van der Waals surface area contributed by atoms with Gasteiger partial charge in [-0.2, -0.15) is 0 Å². The van der Waals surface area contributed by atoms with Gasteiger partial charge >= 0.3 is 5.97 Å². The molecule has 7 heteroatoms. The number of rotatable bonds is 6. The fraction of sp³-hybridized carbons (Fsp3) is 0.833. The van der Waals surface area contributed by atoms with Gasteiger partial charge in [-0.05, 0) is 32.1 Å². The fourth-order valence-electron chi connectivity index (χ4n) is 2.31. The van der Waals surface area contributed by atoms with Crippen LogP contribution in [0.1, 0.15) is 40.5 Å². The molecule has 1 heterocycles. The maximum atomic E-state index is 11.9. The predicted octanol–water partition coefficient (Wildman–Crippen LogP) is 1.07. The summed E-state index contributed by atoms with van der Waals surface area (Å²) in [5, 5.41) is 8.85. The molecular weight excluding hydrogens is 270 g/mol. The second kappa shape index (κ2) is 5.11. The first-order chi connectivity index (χ1) is 8.50. The van der Waals surface area contributed by atoms with E-state index in [4.69, 9.17) is 5.11 Å². The van der Waals surface area contributed by atoms with Crippen molar-refractivity contribution >= 4 is 21.9 Å². The van der Waals surface area contributed by atoms with Crippen LogP contribution in [0.4, 0.5) is 0 Å². The minimum Gasteiger partial charge on any atom is -0.481 e. The normalized spacial score (nSPS) is 22.2. The Morgan fingerprint density at radius 1 is 1.37 bits per heavy atom. The number of hydrogen-bond donors (Lipinski definition) is 1. The molecule has 6 nitrogen and oxygen atoms in total. The molecule has 1 rings (SSSR count). The molecule has 1 fully saturated rings. The molecule has 0 aromatic carbocycles. The molecule has 1 atom stereocenters. The van der Waals surface area contributed by atoms with E-state index in [1.54, 1.807) is 0 Å². The lowest BCUT2D eigenvalue weighted by Gasteiger charge is -2.44. The van der Waals surface area contributed by atoms with Crippen LogP contribution in [0.5, 0.6) is 0 Å². The Kier molecular flexibility index (Phi) is 4.29. The van der Waals surface area contributed by atoms with Crippen molar-refractivity contribution < 1.29 is 23.1 Å². The highest BCUT2D eigenvalue weighted by atomic mass is 32.2. The zero-order chi connectivity index (χ0) is 15.0. The molecule has 1 unspecified atom stereocenters. The number of nitrogens with zero attached hydrogens (tertiary/aromatic N) is 1. The minimum absolute atomic E-state index is 0.0327. The van der Waals surface area contributed by atoms with Crippen LogP contribution in [-0.4, -0.2) is 41.0 Å². The van der Waals surface area contributed by atoms with Crippen LogP contribution in [0.2, 0.25) is 0 Å². The van der Waals surface area contributed by atoms with Gasteiger partial charge in [0.25, 0.3) is 15.9 Å². The van der Waals surface area contributed by atoms with E-state index in [1.807, 2.05) is 13.8 Å². The van der Waals surface area contributed by atoms with Gasteiger partial charge in [0, 0.05) is 13.0 Å². The summed E-state index contributed by atoms with van der Waals surface area (Å²) in [5.41, 5.74) is 0. The number of carbonyl (C=O) groups excluding carboxylic acids is 1. The highest BCUT2D eigenvalue weighted by Crippen LogP contribution is 2.36. The zero-order valence-electron chi connectivity index (χ0n) is 11.7. The van der Waals surface area contributed by atoms with E-state index in [1.165, 1.54) is 13.8 Å². The van der Waals surface area contributed by atoms with Crippen molar-refractivity contribution in [2.45, 2.75) is 45.3 Å². The van der Waals surface area contributed by atoms with Crippen LogP contribution >= 0.6 is 0 Å². The number of carbonyl (C=O) groups is 2. The summed E-state index contributed by atoms with van der Waals surface area (Å²) in [6, 6.07) is 0. The number of hydrogen-bond acceptors (Lipinski definition) is 4. The van der Waals surface area contributed by atoms with Gasteiger partial charge in [-0.25, -0.2) is 12.7 Å². The average molecular weight is 291 g/mol. The number of carboxylic acid groups (broad SMARTS) is 1. The van der Waals surface area contributed by atoms with E-state index in [0.29, 0.717) is 6.42 Å². The van der Waals surface area contributed by atoms with Crippen molar-refractivity contribution in [3.8, 4) is 0 Å². The summed E-state index contributed by atoms with van der Waals surface area (Å²) in [7, 11) is -3.63. The van der Waals surface area contributed by atoms with Gasteiger partial charge in [-0.15, -0.1) is 0 Å². The fourth-order valence-corrected chi connectivity index (χ4v) is 3.91. The van der Waals surface area contributed by atoms with Crippen LogP contribution in [0, 0.1) is 11.8 Å². The smallest absolute Gasteiger partial charge is 0.303 e. The lowest BCUT2D eigenvalue weighted by atomic mass is 9.94. The molecule has 1 saturated heterocycles. The first kappa shape index (κ1) is 15.9. The Labute approximate surface area is 113 Å². The van der Waals surface area contributed by atoms with Gasteiger partial charge in [0.15, 0.2) is 4.75 Å².